The Balaban J connectivity index is 1.76. The van der Waals surface area contributed by atoms with Crippen molar-refractivity contribution in [3.05, 3.63) is 71.8 Å². The Bertz CT molecular complexity index is 1670. The molecule has 2 aromatic rings. The van der Waals surface area contributed by atoms with Crippen LogP contribution in [0.15, 0.2) is 60.7 Å². The number of carbonyl (C=O) groups is 8. The second-order valence-electron chi connectivity index (χ2n) is 13.8. The molecule has 0 spiro atoms. The zero-order valence-corrected chi connectivity index (χ0v) is 31.9. The van der Waals surface area contributed by atoms with E-state index >= 15 is 0 Å². The number of likely N-dealkylation sites (tertiary alicyclic amines) is 1. The maximum absolute atomic E-state index is 14.1. The van der Waals surface area contributed by atoms with E-state index in [2.05, 4.69) is 21.3 Å². The first-order chi connectivity index (χ1) is 26.7. The van der Waals surface area contributed by atoms with E-state index in [9.17, 15) is 43.5 Å². The van der Waals surface area contributed by atoms with Crippen molar-refractivity contribution in [2.45, 2.75) is 96.2 Å². The molecule has 2 aromatic carbocycles. The van der Waals surface area contributed by atoms with Crippen molar-refractivity contribution in [2.24, 2.45) is 11.7 Å². The minimum atomic E-state index is -1.34. The zero-order valence-electron chi connectivity index (χ0n) is 31.9. The number of carbonyl (C=O) groups excluding carboxylic acids is 7. The lowest BCUT2D eigenvalue weighted by molar-refractivity contribution is -0.143. The minimum Gasteiger partial charge on any atom is -0.481 e. The van der Waals surface area contributed by atoms with Crippen LogP contribution < -0.4 is 27.0 Å². The van der Waals surface area contributed by atoms with E-state index in [4.69, 9.17) is 15.2 Å². The smallest absolute Gasteiger partial charge is 0.407 e. The number of benzene rings is 2. The van der Waals surface area contributed by atoms with Gasteiger partial charge in [-0.25, -0.2) is 4.79 Å². The number of aliphatic carboxylic acids is 1. The summed E-state index contributed by atoms with van der Waals surface area (Å²) < 4.78 is 11.3. The third-order valence-electron chi connectivity index (χ3n) is 8.76. The maximum Gasteiger partial charge on any atom is 0.407 e. The standard InChI is InChI=1S/C39H52N6O11/c1-4-12-28(34(49)37(52)41-20-31(46)44-33(35(40)50)26-15-9-6-10-16-26)42-36(51)30-19-27(55-23-25-13-7-5-8-14-25)21-45(30)38(53)29(17-11-18-32(47)48)43-39(54)56-22-24(2)3/h5-10,13-16,24,27-30,33H,4,11-12,17-23H2,1-3H3,(H2,40,50)(H,41,52)(H,42,51)(H,43,54)(H,44,46)(H,47,48)/t27-,28?,29+,30+,33?/m1/s1. The van der Waals surface area contributed by atoms with Crippen LogP contribution in [0.4, 0.5) is 4.79 Å². The molecule has 0 saturated carbocycles. The average Bonchev–Trinajstić information content (AvgIpc) is 3.61. The Hall–Kier alpha value is -5.84. The van der Waals surface area contributed by atoms with Gasteiger partial charge >= 0.3 is 12.1 Å². The number of amides is 6. The number of Topliss-reactive ketones (excluding diaryl/α,β-unsaturated/α-hetero) is 1. The summed E-state index contributed by atoms with van der Waals surface area (Å²) in [5, 5.41) is 19.0. The molecule has 1 aliphatic rings. The lowest BCUT2D eigenvalue weighted by Crippen LogP contribution is -2.56. The molecule has 7 N–H and O–H groups in total. The number of carboxylic acid groups (broad SMARTS) is 1. The second kappa shape index (κ2) is 22.5. The van der Waals surface area contributed by atoms with Crippen LogP contribution in [0.5, 0.6) is 0 Å². The maximum atomic E-state index is 14.1. The first kappa shape index (κ1) is 44.6. The molecule has 2 unspecified atom stereocenters. The molecule has 56 heavy (non-hydrogen) atoms. The molecular formula is C39H52N6O11. The number of ether oxygens (including phenoxy) is 2. The molecule has 0 aliphatic carbocycles. The quantitative estimate of drug-likeness (QED) is 0.0934. The summed E-state index contributed by atoms with van der Waals surface area (Å²) in [5.74, 6) is -6.38. The number of nitrogens with zero attached hydrogens (tertiary/aromatic N) is 1. The summed E-state index contributed by atoms with van der Waals surface area (Å²) in [5.41, 5.74) is 6.72. The van der Waals surface area contributed by atoms with E-state index in [1.54, 1.807) is 37.3 Å². The molecule has 17 nitrogen and oxygen atoms in total. The summed E-state index contributed by atoms with van der Waals surface area (Å²) in [4.78, 5) is 104. The Morgan fingerprint density at radius 2 is 1.55 bits per heavy atom. The van der Waals surface area contributed by atoms with Crippen molar-refractivity contribution in [1.29, 1.82) is 0 Å². The number of rotatable bonds is 22. The van der Waals surface area contributed by atoms with Crippen molar-refractivity contribution < 1.29 is 52.9 Å². The van der Waals surface area contributed by atoms with Gasteiger partial charge in [-0.15, -0.1) is 0 Å². The molecule has 1 aliphatic heterocycles. The molecule has 5 atom stereocenters. The number of nitrogens with two attached hydrogens (primary N) is 1. The van der Waals surface area contributed by atoms with E-state index in [1.807, 2.05) is 44.2 Å². The summed E-state index contributed by atoms with van der Waals surface area (Å²) in [7, 11) is 0. The number of alkyl carbamates (subject to hydrolysis) is 1. The third-order valence-corrected chi connectivity index (χ3v) is 8.76. The average molecular weight is 781 g/mol. The van der Waals surface area contributed by atoms with Gasteiger partial charge < -0.3 is 46.5 Å². The van der Waals surface area contributed by atoms with Gasteiger partial charge in [-0.2, -0.15) is 0 Å². The van der Waals surface area contributed by atoms with Crippen LogP contribution in [0.1, 0.15) is 76.5 Å². The van der Waals surface area contributed by atoms with E-state index in [0.717, 1.165) is 5.56 Å². The Morgan fingerprint density at radius 3 is 2.16 bits per heavy atom. The summed E-state index contributed by atoms with van der Waals surface area (Å²) in [6, 6.07) is 12.4. The summed E-state index contributed by atoms with van der Waals surface area (Å²) in [6.45, 7) is 4.88. The van der Waals surface area contributed by atoms with Crippen molar-refractivity contribution >= 4 is 47.4 Å². The van der Waals surface area contributed by atoms with E-state index in [1.165, 1.54) is 4.90 Å². The molecule has 17 heteroatoms. The van der Waals surface area contributed by atoms with Crippen molar-refractivity contribution in [1.82, 2.24) is 26.2 Å². The van der Waals surface area contributed by atoms with Gasteiger partial charge in [0.2, 0.25) is 29.4 Å². The van der Waals surface area contributed by atoms with Gasteiger partial charge in [0.15, 0.2) is 0 Å². The Morgan fingerprint density at radius 1 is 0.893 bits per heavy atom. The van der Waals surface area contributed by atoms with Gasteiger partial charge in [-0.3, -0.25) is 33.6 Å². The highest BCUT2D eigenvalue weighted by Crippen LogP contribution is 2.24. The predicted octanol–water partition coefficient (Wildman–Crippen LogP) is 1.49. The second-order valence-corrected chi connectivity index (χ2v) is 13.8. The van der Waals surface area contributed by atoms with Crippen LogP contribution in [0.25, 0.3) is 0 Å². The van der Waals surface area contributed by atoms with Crippen molar-refractivity contribution in [3.8, 4) is 0 Å². The van der Waals surface area contributed by atoms with Crippen molar-refractivity contribution in [2.75, 3.05) is 19.7 Å². The van der Waals surface area contributed by atoms with Crippen LogP contribution in [0, 0.1) is 5.92 Å². The summed E-state index contributed by atoms with van der Waals surface area (Å²) >= 11 is 0. The molecule has 1 fully saturated rings. The van der Waals surface area contributed by atoms with E-state index < -0.39 is 84.2 Å². The van der Waals surface area contributed by atoms with E-state index in [-0.39, 0.29) is 57.8 Å². The third kappa shape index (κ3) is 14.4. The molecule has 3 rings (SSSR count). The molecule has 1 heterocycles. The Kier molecular flexibility index (Phi) is 17.9. The van der Waals surface area contributed by atoms with Crippen LogP contribution in [0.3, 0.4) is 0 Å². The van der Waals surface area contributed by atoms with Crippen LogP contribution in [-0.4, -0.2) is 101 Å². The number of ketones is 1. The highest BCUT2D eigenvalue weighted by molar-refractivity contribution is 6.38. The van der Waals surface area contributed by atoms with Gasteiger partial charge in [0, 0.05) is 19.4 Å². The fourth-order valence-electron chi connectivity index (χ4n) is 5.95. The largest absolute Gasteiger partial charge is 0.481 e. The van der Waals surface area contributed by atoms with Crippen LogP contribution >= 0.6 is 0 Å². The lowest BCUT2D eigenvalue weighted by atomic mass is 10.0. The number of hydrogen-bond acceptors (Lipinski definition) is 10. The number of nitrogens with one attached hydrogen (secondary N) is 4. The highest BCUT2D eigenvalue weighted by Gasteiger charge is 2.43. The summed E-state index contributed by atoms with van der Waals surface area (Å²) in [6.07, 6.45) is -1.44. The number of hydrogen-bond donors (Lipinski definition) is 6. The molecule has 6 amide bonds. The SMILES string of the molecule is CCCC(NC(=O)[C@@H]1C[C@@H](OCc2ccccc2)CN1C(=O)[C@H](CCCC(=O)O)NC(=O)OCC(C)C)C(=O)C(=O)NCC(=O)NC(C(N)=O)c1ccccc1. The molecule has 0 bridgehead atoms. The van der Waals surface area contributed by atoms with Crippen LogP contribution in [0.2, 0.25) is 0 Å². The molecular weight excluding hydrogens is 728 g/mol. The minimum absolute atomic E-state index is 0.00272. The first-order valence-corrected chi connectivity index (χ1v) is 18.6. The van der Waals surface area contributed by atoms with Gasteiger partial charge in [0.05, 0.1) is 31.9 Å². The molecule has 304 valence electrons. The fourth-order valence-corrected chi connectivity index (χ4v) is 5.95. The topological polar surface area (TPSA) is 253 Å². The first-order valence-electron chi connectivity index (χ1n) is 18.6. The normalized spacial score (nSPS) is 16.5. The Labute approximate surface area is 325 Å². The van der Waals surface area contributed by atoms with Crippen molar-refractivity contribution in [3.63, 3.8) is 0 Å². The molecule has 1 saturated heterocycles. The van der Waals surface area contributed by atoms with Gasteiger partial charge in [-0.1, -0.05) is 87.9 Å². The molecule has 0 radical (unpaired) electrons. The highest BCUT2D eigenvalue weighted by atomic mass is 16.5. The van der Waals surface area contributed by atoms with Gasteiger partial charge in [0.25, 0.3) is 5.91 Å². The fraction of sp³-hybridized carbons (Fsp3) is 0.487. The molecule has 0 aromatic heterocycles. The van der Waals surface area contributed by atoms with Crippen LogP contribution in [-0.2, 0) is 49.6 Å². The lowest BCUT2D eigenvalue weighted by Gasteiger charge is -2.29. The number of carboxylic acids is 1. The zero-order chi connectivity index (χ0) is 41.2. The number of primary amides is 1. The predicted molar refractivity (Wildman–Crippen MR) is 201 cm³/mol. The van der Waals surface area contributed by atoms with Gasteiger partial charge in [-0.05, 0) is 36.3 Å². The monoisotopic (exact) mass is 780 g/mol. The van der Waals surface area contributed by atoms with Gasteiger partial charge in [0.1, 0.15) is 18.1 Å². The van der Waals surface area contributed by atoms with E-state index in [0.29, 0.717) is 12.0 Å².